The molecule has 1 aliphatic carbocycles. The van der Waals surface area contributed by atoms with Gasteiger partial charge in [-0.15, -0.1) is 0 Å². The first kappa shape index (κ1) is 15.9. The third kappa shape index (κ3) is 4.77. The van der Waals surface area contributed by atoms with Crippen molar-refractivity contribution in [1.82, 2.24) is 5.32 Å². The predicted octanol–water partition coefficient (Wildman–Crippen LogP) is 2.96. The molecule has 0 saturated heterocycles. The van der Waals surface area contributed by atoms with Crippen LogP contribution in [0.3, 0.4) is 0 Å². The van der Waals surface area contributed by atoms with Crippen molar-refractivity contribution in [3.63, 3.8) is 0 Å². The van der Waals surface area contributed by atoms with E-state index in [1.165, 1.54) is 12.8 Å². The summed E-state index contributed by atoms with van der Waals surface area (Å²) in [5.74, 6) is 6.38. The molecule has 1 amide bonds. The normalized spacial score (nSPS) is 15.0. The predicted molar refractivity (Wildman–Crippen MR) is 86.3 cm³/mol. The van der Waals surface area contributed by atoms with Gasteiger partial charge in [0.05, 0.1) is 11.6 Å². The van der Waals surface area contributed by atoms with Gasteiger partial charge in [0.2, 0.25) is 0 Å². The molecule has 21 heavy (non-hydrogen) atoms. The molecule has 1 atom stereocenters. The minimum Gasteiger partial charge on any atom is -0.349 e. The lowest BCUT2D eigenvalue weighted by Gasteiger charge is -2.16. The molecule has 0 heterocycles. The number of rotatable bonds is 5. The van der Waals surface area contributed by atoms with E-state index in [2.05, 4.69) is 24.1 Å². The molecule has 1 aliphatic rings. The highest BCUT2D eigenvalue weighted by Gasteiger charge is 2.25. The summed E-state index contributed by atoms with van der Waals surface area (Å²) in [6.45, 7) is 2.39. The lowest BCUT2D eigenvalue weighted by atomic mass is 10.1. The number of carbonyl (C=O) groups excluding carboxylic acids is 1. The molecule has 112 valence electrons. The average molecular weight is 305 g/mol. The van der Waals surface area contributed by atoms with Crippen LogP contribution in [0.15, 0.2) is 18.2 Å². The molecule has 0 aromatic heterocycles. The van der Waals surface area contributed by atoms with Gasteiger partial charge in [-0.25, -0.2) is 0 Å². The fourth-order valence-corrected chi connectivity index (χ4v) is 2.48. The Hall–Kier alpha value is -1.50. The van der Waals surface area contributed by atoms with Crippen molar-refractivity contribution in [2.24, 2.45) is 11.7 Å². The highest BCUT2D eigenvalue weighted by atomic mass is 35.5. The van der Waals surface area contributed by atoms with Crippen LogP contribution in [0.1, 0.15) is 48.5 Å². The zero-order valence-electron chi connectivity index (χ0n) is 12.3. The third-order valence-electron chi connectivity index (χ3n) is 3.70. The monoisotopic (exact) mass is 304 g/mol. The van der Waals surface area contributed by atoms with Gasteiger partial charge >= 0.3 is 0 Å². The average Bonchev–Trinajstić information content (AvgIpc) is 3.29. The molecule has 0 bridgehead atoms. The van der Waals surface area contributed by atoms with Gasteiger partial charge in [0.25, 0.3) is 5.91 Å². The highest BCUT2D eigenvalue weighted by Crippen LogP contribution is 2.34. The molecule has 1 fully saturated rings. The van der Waals surface area contributed by atoms with E-state index in [9.17, 15) is 4.79 Å². The minimum absolute atomic E-state index is 0.0669. The molecule has 2 rings (SSSR count). The first-order valence-corrected chi connectivity index (χ1v) is 7.81. The summed E-state index contributed by atoms with van der Waals surface area (Å²) in [5.41, 5.74) is 6.61. The standard InChI is InChI=1S/C17H21ClN2O/c1-2-15(10-12-5-6-12)20-17(21)14-8-7-13(4-3-9-19)16(18)11-14/h7-8,11-12,15H,2,5-6,9-10,19H2,1H3,(H,20,21). The summed E-state index contributed by atoms with van der Waals surface area (Å²) in [6.07, 6.45) is 4.63. The molecular formula is C17H21ClN2O. The maximum atomic E-state index is 12.3. The Bertz CT molecular complexity index is 570. The highest BCUT2D eigenvalue weighted by molar-refractivity contribution is 6.32. The number of halogens is 1. The minimum atomic E-state index is -0.0669. The molecule has 1 aromatic rings. The Balaban J connectivity index is 2.02. The number of benzene rings is 1. The largest absolute Gasteiger partial charge is 0.349 e. The van der Waals surface area contributed by atoms with E-state index < -0.39 is 0 Å². The number of carbonyl (C=O) groups is 1. The van der Waals surface area contributed by atoms with E-state index in [0.717, 1.165) is 18.8 Å². The second-order valence-electron chi connectivity index (χ2n) is 5.46. The van der Waals surface area contributed by atoms with Crippen molar-refractivity contribution in [3.8, 4) is 11.8 Å². The van der Waals surface area contributed by atoms with Gasteiger partial charge in [0.1, 0.15) is 0 Å². The molecule has 4 heteroatoms. The fourth-order valence-electron chi connectivity index (χ4n) is 2.26. The van der Waals surface area contributed by atoms with Gasteiger partial charge in [0, 0.05) is 17.2 Å². The van der Waals surface area contributed by atoms with Gasteiger partial charge in [-0.05, 0) is 37.0 Å². The van der Waals surface area contributed by atoms with Gasteiger partial charge in [-0.2, -0.15) is 0 Å². The van der Waals surface area contributed by atoms with Crippen LogP contribution in [-0.4, -0.2) is 18.5 Å². The maximum absolute atomic E-state index is 12.3. The number of hydrogen-bond donors (Lipinski definition) is 2. The van der Waals surface area contributed by atoms with Crippen LogP contribution in [0, 0.1) is 17.8 Å². The third-order valence-corrected chi connectivity index (χ3v) is 4.01. The summed E-state index contributed by atoms with van der Waals surface area (Å²) < 4.78 is 0. The number of amides is 1. The molecule has 1 aromatic carbocycles. The van der Waals surface area contributed by atoms with Crippen molar-refractivity contribution in [2.45, 2.75) is 38.6 Å². The van der Waals surface area contributed by atoms with E-state index in [0.29, 0.717) is 16.1 Å². The van der Waals surface area contributed by atoms with Crippen LogP contribution < -0.4 is 11.1 Å². The summed E-state index contributed by atoms with van der Waals surface area (Å²) >= 11 is 6.15. The van der Waals surface area contributed by atoms with Crippen LogP contribution >= 0.6 is 11.6 Å². The quantitative estimate of drug-likeness (QED) is 0.822. The zero-order valence-corrected chi connectivity index (χ0v) is 13.0. The molecule has 3 nitrogen and oxygen atoms in total. The van der Waals surface area contributed by atoms with Crippen molar-refractivity contribution < 1.29 is 4.79 Å². The molecule has 1 saturated carbocycles. The molecule has 0 aliphatic heterocycles. The van der Waals surface area contributed by atoms with Gasteiger partial charge < -0.3 is 11.1 Å². The second-order valence-corrected chi connectivity index (χ2v) is 5.87. The van der Waals surface area contributed by atoms with Crippen molar-refractivity contribution >= 4 is 17.5 Å². The number of nitrogens with one attached hydrogen (secondary N) is 1. The van der Waals surface area contributed by atoms with E-state index >= 15 is 0 Å². The lowest BCUT2D eigenvalue weighted by molar-refractivity contribution is 0.0932. The molecule has 0 spiro atoms. The first-order chi connectivity index (χ1) is 10.1. The topological polar surface area (TPSA) is 55.1 Å². The molecule has 3 N–H and O–H groups in total. The van der Waals surface area contributed by atoms with Crippen LogP contribution in [0.25, 0.3) is 0 Å². The van der Waals surface area contributed by atoms with Crippen molar-refractivity contribution in [1.29, 1.82) is 0 Å². The smallest absolute Gasteiger partial charge is 0.251 e. The summed E-state index contributed by atoms with van der Waals surface area (Å²) in [7, 11) is 0. The Morgan fingerprint density at radius 3 is 2.86 bits per heavy atom. The van der Waals surface area contributed by atoms with Crippen LogP contribution in [-0.2, 0) is 0 Å². The molecule has 0 radical (unpaired) electrons. The van der Waals surface area contributed by atoms with E-state index in [1.54, 1.807) is 18.2 Å². The Morgan fingerprint density at radius 1 is 1.52 bits per heavy atom. The fraction of sp³-hybridized carbons (Fsp3) is 0.471. The van der Waals surface area contributed by atoms with E-state index in [-0.39, 0.29) is 18.5 Å². The molecule has 1 unspecified atom stereocenters. The second kappa shape index (κ2) is 7.49. The van der Waals surface area contributed by atoms with E-state index in [1.807, 2.05) is 0 Å². The van der Waals surface area contributed by atoms with Crippen LogP contribution in [0.2, 0.25) is 5.02 Å². The Morgan fingerprint density at radius 2 is 2.29 bits per heavy atom. The van der Waals surface area contributed by atoms with Crippen LogP contribution in [0.5, 0.6) is 0 Å². The summed E-state index contributed by atoms with van der Waals surface area (Å²) in [5, 5.41) is 3.58. The number of hydrogen-bond acceptors (Lipinski definition) is 2. The Labute approximate surface area is 131 Å². The van der Waals surface area contributed by atoms with Gasteiger partial charge in [-0.3, -0.25) is 4.79 Å². The van der Waals surface area contributed by atoms with Crippen molar-refractivity contribution in [2.75, 3.05) is 6.54 Å². The summed E-state index contributed by atoms with van der Waals surface area (Å²) in [4.78, 5) is 12.3. The van der Waals surface area contributed by atoms with E-state index in [4.69, 9.17) is 17.3 Å². The lowest BCUT2D eigenvalue weighted by Crippen LogP contribution is -2.34. The first-order valence-electron chi connectivity index (χ1n) is 7.43. The number of nitrogens with two attached hydrogens (primary N) is 1. The SMILES string of the molecule is CCC(CC1CC1)NC(=O)c1ccc(C#CCN)c(Cl)c1. The van der Waals surface area contributed by atoms with Crippen LogP contribution in [0.4, 0.5) is 0 Å². The maximum Gasteiger partial charge on any atom is 0.251 e. The summed E-state index contributed by atoms with van der Waals surface area (Å²) in [6, 6.07) is 5.44. The Kier molecular flexibility index (Phi) is 5.67. The van der Waals surface area contributed by atoms with Gasteiger partial charge in [0.15, 0.2) is 0 Å². The van der Waals surface area contributed by atoms with Gasteiger partial charge in [-0.1, -0.05) is 43.2 Å². The molecular weight excluding hydrogens is 284 g/mol. The van der Waals surface area contributed by atoms with Crippen molar-refractivity contribution in [3.05, 3.63) is 34.3 Å². The zero-order chi connectivity index (χ0) is 15.2.